The van der Waals surface area contributed by atoms with Gasteiger partial charge in [0, 0.05) is 16.4 Å². The Morgan fingerprint density at radius 3 is 1.47 bits per heavy atom. The first kappa shape index (κ1) is 14.6. The van der Waals surface area contributed by atoms with Crippen LogP contribution in [0, 0.1) is 0 Å². The Morgan fingerprint density at radius 1 is 0.789 bits per heavy atom. The molecule has 0 aliphatic rings. The normalized spacial score (nSPS) is 12.4. The van der Waals surface area contributed by atoms with Crippen LogP contribution in [0.1, 0.15) is 0 Å². The standard InChI is InChI=1S/C16H21BPSi/c1-19(2,3)14-18(17,15-10-6-4-7-11-15)16-12-8-5-9-13-16/h4-13H,14H2,1-3H3. The first-order valence-electron chi connectivity index (χ1n) is 6.70. The fourth-order valence-electron chi connectivity index (χ4n) is 2.47. The minimum Gasteiger partial charge on any atom is -0.292 e. The van der Waals surface area contributed by atoms with Crippen LogP contribution in [0.2, 0.25) is 19.6 Å². The molecule has 97 valence electrons. The van der Waals surface area contributed by atoms with E-state index in [1.807, 2.05) is 0 Å². The van der Waals surface area contributed by atoms with E-state index >= 15 is 0 Å². The number of hydrogen-bond donors (Lipinski definition) is 0. The highest BCUT2D eigenvalue weighted by molar-refractivity contribution is 8.09. The summed E-state index contributed by atoms with van der Waals surface area (Å²) >= 11 is 0. The fourth-order valence-corrected chi connectivity index (χ4v) is 11.6. The minimum atomic E-state index is -1.73. The average molecular weight is 283 g/mol. The van der Waals surface area contributed by atoms with E-state index in [2.05, 4.69) is 80.3 Å². The molecule has 0 aromatic heterocycles. The lowest BCUT2D eigenvalue weighted by Crippen LogP contribution is -2.36. The van der Waals surface area contributed by atoms with Gasteiger partial charge < -0.3 is 0 Å². The summed E-state index contributed by atoms with van der Waals surface area (Å²) in [5.74, 6) is 1.16. The quantitative estimate of drug-likeness (QED) is 0.594. The van der Waals surface area contributed by atoms with Crippen molar-refractivity contribution in [1.82, 2.24) is 0 Å². The molecule has 0 aliphatic heterocycles. The van der Waals surface area contributed by atoms with Crippen LogP contribution in [0.15, 0.2) is 60.7 Å². The van der Waals surface area contributed by atoms with Crippen molar-refractivity contribution >= 4 is 33.4 Å². The van der Waals surface area contributed by atoms with Crippen molar-refractivity contribution in [3.63, 3.8) is 0 Å². The highest BCUT2D eigenvalue weighted by atomic mass is 31.2. The first-order valence-corrected chi connectivity index (χ1v) is 12.4. The van der Waals surface area contributed by atoms with Crippen molar-refractivity contribution in [2.75, 3.05) is 5.79 Å². The van der Waals surface area contributed by atoms with Crippen LogP contribution < -0.4 is 10.6 Å². The predicted molar refractivity (Wildman–Crippen MR) is 93.0 cm³/mol. The fraction of sp³-hybridized carbons (Fsp3) is 0.250. The van der Waals surface area contributed by atoms with Crippen molar-refractivity contribution in [2.24, 2.45) is 0 Å². The van der Waals surface area contributed by atoms with Crippen LogP contribution in [-0.4, -0.2) is 21.4 Å². The van der Waals surface area contributed by atoms with E-state index in [1.54, 1.807) is 0 Å². The molecule has 2 aromatic carbocycles. The van der Waals surface area contributed by atoms with Crippen molar-refractivity contribution in [3.05, 3.63) is 60.7 Å². The van der Waals surface area contributed by atoms with Crippen molar-refractivity contribution < 1.29 is 0 Å². The molecule has 0 bridgehead atoms. The zero-order chi connectivity index (χ0) is 13.9. The molecule has 0 N–H and O–H groups in total. The van der Waals surface area contributed by atoms with Crippen LogP contribution >= 0.6 is 7.14 Å². The first-order chi connectivity index (χ1) is 8.92. The molecule has 3 radical (unpaired) electrons. The molecule has 3 heteroatoms. The summed E-state index contributed by atoms with van der Waals surface area (Å²) in [6.07, 6.45) is 0. The molecule has 0 aliphatic carbocycles. The molecule has 0 nitrogen and oxygen atoms in total. The Hall–Kier alpha value is -0.848. The molecule has 0 heterocycles. The van der Waals surface area contributed by atoms with Gasteiger partial charge in [-0.15, -0.1) is 0 Å². The summed E-state index contributed by atoms with van der Waals surface area (Å²) in [5.41, 5.74) is 0. The van der Waals surface area contributed by atoms with Crippen molar-refractivity contribution in [3.8, 4) is 0 Å². The molecule has 0 fully saturated rings. The molecule has 2 aromatic rings. The lowest BCUT2D eigenvalue weighted by Gasteiger charge is -2.40. The van der Waals surface area contributed by atoms with Gasteiger partial charge in [0.15, 0.2) is 0 Å². The van der Waals surface area contributed by atoms with Gasteiger partial charge in [-0.3, -0.25) is 7.57 Å². The van der Waals surface area contributed by atoms with Crippen molar-refractivity contribution in [2.45, 2.75) is 19.6 Å². The molecule has 0 unspecified atom stereocenters. The lowest BCUT2D eigenvalue weighted by molar-refractivity contribution is 1.64. The van der Waals surface area contributed by atoms with Gasteiger partial charge >= 0.3 is 0 Å². The van der Waals surface area contributed by atoms with Crippen LogP contribution in [0.3, 0.4) is 0 Å². The second-order valence-electron chi connectivity index (χ2n) is 6.26. The van der Waals surface area contributed by atoms with Crippen molar-refractivity contribution in [1.29, 1.82) is 0 Å². The Kier molecular flexibility index (Phi) is 4.33. The maximum atomic E-state index is 6.97. The second kappa shape index (κ2) is 5.65. The third-order valence-electron chi connectivity index (χ3n) is 3.16. The van der Waals surface area contributed by atoms with Gasteiger partial charge in [0.25, 0.3) is 0 Å². The summed E-state index contributed by atoms with van der Waals surface area (Å²) in [6, 6.07) is 21.3. The number of hydrogen-bond acceptors (Lipinski definition) is 0. The van der Waals surface area contributed by atoms with Gasteiger partial charge in [0.1, 0.15) is 0 Å². The molecular weight excluding hydrogens is 262 g/mol. The molecular formula is C16H21BPSi. The van der Waals surface area contributed by atoms with E-state index in [0.29, 0.717) is 0 Å². The zero-order valence-electron chi connectivity index (χ0n) is 12.0. The van der Waals surface area contributed by atoms with Gasteiger partial charge in [-0.25, -0.2) is 0 Å². The minimum absolute atomic E-state index is 1.16. The van der Waals surface area contributed by atoms with E-state index in [1.165, 1.54) is 10.6 Å². The third-order valence-corrected chi connectivity index (χ3v) is 11.4. The Labute approximate surface area is 120 Å². The monoisotopic (exact) mass is 283 g/mol. The molecule has 2 rings (SSSR count). The summed E-state index contributed by atoms with van der Waals surface area (Å²) in [7, 11) is 4.00. The summed E-state index contributed by atoms with van der Waals surface area (Å²) in [5, 5.41) is 2.65. The summed E-state index contributed by atoms with van der Waals surface area (Å²) < 4.78 is 0. The highest BCUT2D eigenvalue weighted by Gasteiger charge is 2.30. The third kappa shape index (κ3) is 3.58. The van der Waals surface area contributed by atoms with Gasteiger partial charge in [-0.1, -0.05) is 56.0 Å². The molecule has 0 amide bonds. The highest BCUT2D eigenvalue weighted by Crippen LogP contribution is 2.53. The zero-order valence-corrected chi connectivity index (χ0v) is 13.9. The Balaban J connectivity index is 2.51. The molecule has 0 saturated carbocycles. The van der Waals surface area contributed by atoms with Crippen LogP contribution in [0.25, 0.3) is 0 Å². The largest absolute Gasteiger partial charge is 0.292 e. The van der Waals surface area contributed by atoms with E-state index in [0.717, 1.165) is 5.79 Å². The van der Waals surface area contributed by atoms with Crippen LogP contribution in [0.4, 0.5) is 0 Å². The topological polar surface area (TPSA) is 0 Å². The van der Waals surface area contributed by atoms with Crippen LogP contribution in [-0.2, 0) is 0 Å². The molecule has 0 atom stereocenters. The lowest BCUT2D eigenvalue weighted by atomic mass is 10.4. The molecule has 0 spiro atoms. The van der Waals surface area contributed by atoms with Gasteiger partial charge in [-0.2, -0.15) is 7.14 Å². The van der Waals surface area contributed by atoms with Crippen LogP contribution in [0.5, 0.6) is 0 Å². The maximum Gasteiger partial charge on any atom is 0.0841 e. The summed E-state index contributed by atoms with van der Waals surface area (Å²) in [6.45, 7) is 7.21. The smallest absolute Gasteiger partial charge is 0.0841 e. The average Bonchev–Trinajstić information content (AvgIpc) is 2.39. The second-order valence-corrected chi connectivity index (χ2v) is 15.4. The van der Waals surface area contributed by atoms with Gasteiger partial charge in [0.2, 0.25) is 0 Å². The Morgan fingerprint density at radius 2 is 1.16 bits per heavy atom. The van der Waals surface area contributed by atoms with E-state index in [-0.39, 0.29) is 0 Å². The van der Waals surface area contributed by atoms with Gasteiger partial charge in [-0.05, 0) is 24.3 Å². The number of benzene rings is 2. The maximum absolute atomic E-state index is 6.97. The van der Waals surface area contributed by atoms with E-state index in [9.17, 15) is 0 Å². The van der Waals surface area contributed by atoms with E-state index in [4.69, 9.17) is 7.57 Å². The summed E-state index contributed by atoms with van der Waals surface area (Å²) in [4.78, 5) is 0. The predicted octanol–water partition coefficient (Wildman–Crippen LogP) is 3.62. The number of rotatable bonds is 4. The molecule has 19 heavy (non-hydrogen) atoms. The van der Waals surface area contributed by atoms with E-state index < -0.39 is 15.2 Å². The van der Waals surface area contributed by atoms with Gasteiger partial charge in [0.05, 0.1) is 8.07 Å². The Bertz CT molecular complexity index is 480. The SMILES string of the molecule is [B-][P+](C[Si](C)(C)C)(c1ccccc1)c1ccccc1. The molecule has 0 saturated heterocycles.